The predicted molar refractivity (Wildman–Crippen MR) is 361 cm³/mol. The lowest BCUT2D eigenvalue weighted by Gasteiger charge is -2.18. The van der Waals surface area contributed by atoms with Crippen LogP contribution < -0.4 is 0 Å². The van der Waals surface area contributed by atoms with E-state index in [0.717, 1.165) is 154 Å². The molecule has 6 nitrogen and oxygen atoms in total. The highest BCUT2D eigenvalue weighted by Crippen LogP contribution is 2.14. The van der Waals surface area contributed by atoms with E-state index in [2.05, 4.69) is 191 Å². The SMILES string of the molecule is CC/C=C\C/C=C\C/C=C\C/C=C\C/C=C\C/C=C\C/C=C\C/C=C\C/C=C\CCCCCCCCCC(=O)OCC(COC(=O)CCCCCCC/C=C\CCCCCCCC)OC(=O)CCCC/C=C\C/C=C\C/C=C\C/C=C\CC. The number of hydrogen-bond acceptors (Lipinski definition) is 6. The van der Waals surface area contributed by atoms with Crippen molar-refractivity contribution in [1.29, 1.82) is 0 Å². The molecule has 0 saturated carbocycles. The summed E-state index contributed by atoms with van der Waals surface area (Å²) in [6, 6.07) is 0. The maximum absolute atomic E-state index is 12.9. The largest absolute Gasteiger partial charge is 0.462 e. The zero-order valence-electron chi connectivity index (χ0n) is 53.4. The third kappa shape index (κ3) is 67.4. The van der Waals surface area contributed by atoms with E-state index >= 15 is 0 Å². The fourth-order valence-electron chi connectivity index (χ4n) is 8.71. The van der Waals surface area contributed by atoms with Crippen LogP contribution in [0.15, 0.2) is 170 Å². The second kappa shape index (κ2) is 69.3. The van der Waals surface area contributed by atoms with Crippen LogP contribution in [-0.2, 0) is 28.6 Å². The summed E-state index contributed by atoms with van der Waals surface area (Å²) < 4.78 is 16.9. The van der Waals surface area contributed by atoms with Crippen molar-refractivity contribution in [3.05, 3.63) is 170 Å². The molecule has 466 valence electrons. The third-order valence-electron chi connectivity index (χ3n) is 13.7. The van der Waals surface area contributed by atoms with Crippen LogP contribution in [0.5, 0.6) is 0 Å². The van der Waals surface area contributed by atoms with E-state index < -0.39 is 6.10 Å². The fraction of sp³-hybridized carbons (Fsp3) is 0.597. The molecule has 0 aliphatic heterocycles. The van der Waals surface area contributed by atoms with Crippen LogP contribution in [0.4, 0.5) is 0 Å². The summed E-state index contributed by atoms with van der Waals surface area (Å²) in [7, 11) is 0. The molecule has 0 amide bonds. The Balaban J connectivity index is 4.34. The molecule has 0 heterocycles. The lowest BCUT2D eigenvalue weighted by Crippen LogP contribution is -2.30. The van der Waals surface area contributed by atoms with Crippen molar-refractivity contribution in [2.24, 2.45) is 0 Å². The Morgan fingerprint density at radius 1 is 0.253 bits per heavy atom. The third-order valence-corrected chi connectivity index (χ3v) is 13.7. The first-order valence-corrected chi connectivity index (χ1v) is 33.6. The number of esters is 3. The first-order chi connectivity index (χ1) is 41.0. The Kier molecular flexibility index (Phi) is 64.9. The maximum Gasteiger partial charge on any atom is 0.306 e. The van der Waals surface area contributed by atoms with Gasteiger partial charge in [-0.15, -0.1) is 0 Å². The molecule has 0 spiro atoms. The summed E-state index contributed by atoms with van der Waals surface area (Å²) in [5, 5.41) is 0. The smallest absolute Gasteiger partial charge is 0.306 e. The van der Waals surface area contributed by atoms with Crippen molar-refractivity contribution < 1.29 is 28.6 Å². The summed E-state index contributed by atoms with van der Waals surface area (Å²) in [5.74, 6) is -0.972. The highest BCUT2D eigenvalue weighted by molar-refractivity contribution is 5.71. The van der Waals surface area contributed by atoms with Crippen LogP contribution in [0.2, 0.25) is 0 Å². The minimum Gasteiger partial charge on any atom is -0.462 e. The molecular weight excluding hydrogens is 1020 g/mol. The zero-order valence-corrected chi connectivity index (χ0v) is 53.4. The van der Waals surface area contributed by atoms with Gasteiger partial charge in [-0.1, -0.05) is 274 Å². The van der Waals surface area contributed by atoms with E-state index in [1.807, 2.05) is 0 Å². The Labute approximate surface area is 511 Å². The number of unbranched alkanes of at least 4 members (excludes halogenated alkanes) is 20. The van der Waals surface area contributed by atoms with Gasteiger partial charge in [-0.2, -0.15) is 0 Å². The molecule has 0 aromatic rings. The number of ether oxygens (including phenoxy) is 3. The number of rotatable bonds is 59. The summed E-state index contributed by atoms with van der Waals surface area (Å²) in [5.41, 5.74) is 0. The minimum atomic E-state index is -0.817. The number of carbonyl (C=O) groups excluding carboxylic acids is 3. The van der Waals surface area contributed by atoms with Gasteiger partial charge in [-0.25, -0.2) is 0 Å². The normalized spacial score (nSPS) is 13.2. The minimum absolute atomic E-state index is 0.108. The second-order valence-electron chi connectivity index (χ2n) is 21.6. The average Bonchev–Trinajstić information content (AvgIpc) is 3.49. The molecule has 0 radical (unpaired) electrons. The zero-order chi connectivity index (χ0) is 59.9. The molecule has 0 rings (SSSR count). The fourth-order valence-corrected chi connectivity index (χ4v) is 8.71. The van der Waals surface area contributed by atoms with Crippen molar-refractivity contribution in [3.63, 3.8) is 0 Å². The molecule has 0 aromatic heterocycles. The van der Waals surface area contributed by atoms with E-state index in [4.69, 9.17) is 14.2 Å². The van der Waals surface area contributed by atoms with Gasteiger partial charge in [-0.05, 0) is 154 Å². The summed E-state index contributed by atoms with van der Waals surface area (Å²) in [4.78, 5) is 38.3. The molecule has 0 bridgehead atoms. The topological polar surface area (TPSA) is 78.9 Å². The summed E-state index contributed by atoms with van der Waals surface area (Å²) in [6.07, 6.45) is 102. The molecular formula is C77H122O6. The second-order valence-corrected chi connectivity index (χ2v) is 21.6. The van der Waals surface area contributed by atoms with Crippen molar-refractivity contribution in [2.75, 3.05) is 13.2 Å². The van der Waals surface area contributed by atoms with E-state index in [0.29, 0.717) is 19.3 Å². The van der Waals surface area contributed by atoms with Gasteiger partial charge in [0.15, 0.2) is 6.10 Å². The Morgan fingerprint density at radius 2 is 0.470 bits per heavy atom. The van der Waals surface area contributed by atoms with Crippen LogP contribution in [0, 0.1) is 0 Å². The Bertz CT molecular complexity index is 1890. The van der Waals surface area contributed by atoms with Crippen molar-refractivity contribution in [3.8, 4) is 0 Å². The molecule has 6 heteroatoms. The van der Waals surface area contributed by atoms with Gasteiger partial charge in [-0.3, -0.25) is 14.4 Å². The Hall–Kier alpha value is -5.23. The summed E-state index contributed by atoms with van der Waals surface area (Å²) in [6.45, 7) is 6.35. The van der Waals surface area contributed by atoms with Crippen molar-refractivity contribution in [1.82, 2.24) is 0 Å². The lowest BCUT2D eigenvalue weighted by molar-refractivity contribution is -0.167. The van der Waals surface area contributed by atoms with Crippen LogP contribution >= 0.6 is 0 Å². The first kappa shape index (κ1) is 77.8. The van der Waals surface area contributed by atoms with Gasteiger partial charge in [0, 0.05) is 19.3 Å². The van der Waals surface area contributed by atoms with Gasteiger partial charge in [0.2, 0.25) is 0 Å². The average molecular weight is 1140 g/mol. The van der Waals surface area contributed by atoms with Gasteiger partial charge in [0.1, 0.15) is 13.2 Å². The van der Waals surface area contributed by atoms with Crippen LogP contribution in [0.25, 0.3) is 0 Å². The van der Waals surface area contributed by atoms with Crippen molar-refractivity contribution >= 4 is 17.9 Å². The maximum atomic E-state index is 12.9. The molecule has 0 N–H and O–H groups in total. The van der Waals surface area contributed by atoms with Crippen molar-refractivity contribution in [2.45, 2.75) is 284 Å². The molecule has 0 fully saturated rings. The molecule has 1 atom stereocenters. The number of carbonyl (C=O) groups is 3. The number of allylic oxidation sites excluding steroid dienone is 28. The van der Waals surface area contributed by atoms with Crippen LogP contribution in [0.1, 0.15) is 278 Å². The van der Waals surface area contributed by atoms with E-state index in [-0.39, 0.29) is 37.5 Å². The highest BCUT2D eigenvalue weighted by atomic mass is 16.6. The molecule has 0 aliphatic rings. The lowest BCUT2D eigenvalue weighted by atomic mass is 10.1. The molecule has 0 aliphatic carbocycles. The summed E-state index contributed by atoms with van der Waals surface area (Å²) >= 11 is 0. The first-order valence-electron chi connectivity index (χ1n) is 33.6. The van der Waals surface area contributed by atoms with E-state index in [1.54, 1.807) is 0 Å². The van der Waals surface area contributed by atoms with Crippen LogP contribution in [-0.4, -0.2) is 37.2 Å². The highest BCUT2D eigenvalue weighted by Gasteiger charge is 2.19. The molecule has 83 heavy (non-hydrogen) atoms. The Morgan fingerprint density at radius 3 is 0.771 bits per heavy atom. The predicted octanol–water partition coefficient (Wildman–Crippen LogP) is 23.4. The van der Waals surface area contributed by atoms with E-state index in [9.17, 15) is 14.4 Å². The quantitative estimate of drug-likeness (QED) is 0.0261. The van der Waals surface area contributed by atoms with E-state index in [1.165, 1.54) is 77.0 Å². The molecule has 0 saturated heterocycles. The molecule has 0 aromatic carbocycles. The molecule has 1 unspecified atom stereocenters. The standard InChI is InChI=1S/C77H122O6/c1-4-7-10-13-16-19-22-25-28-29-30-31-32-33-34-35-36-37-38-39-40-41-42-43-44-45-46-47-50-52-55-58-61-64-67-70-76(79)82-73-74(83-77(80)71-68-65-62-59-56-53-49-27-24-21-18-15-12-9-6-3)72-81-75(78)69-66-63-60-57-54-51-48-26-23-20-17-14-11-8-5-2/h7,9-10,12,16,18-19,21,25-28,30-31,33-34,36-37,39-40,42-43,45-46,48-49,56,59,74H,4-6,8,11,13-15,17,20,22-24,29,32,35,38,41,44,47,50-55,57-58,60-73H2,1-3H3/b10-7-,12-9-,19-16-,21-18-,28-25-,31-30-,34-33-,37-36-,40-39-,43-42-,46-45-,48-26-,49-27-,59-56-. The van der Waals surface area contributed by atoms with Gasteiger partial charge >= 0.3 is 17.9 Å². The van der Waals surface area contributed by atoms with Crippen LogP contribution in [0.3, 0.4) is 0 Å². The van der Waals surface area contributed by atoms with Gasteiger partial charge < -0.3 is 14.2 Å². The van der Waals surface area contributed by atoms with Gasteiger partial charge in [0.05, 0.1) is 0 Å². The monoisotopic (exact) mass is 1140 g/mol. The van der Waals surface area contributed by atoms with Gasteiger partial charge in [0.25, 0.3) is 0 Å². The number of hydrogen-bond donors (Lipinski definition) is 0.